The molecule has 0 aliphatic rings. The Bertz CT molecular complexity index is 898. The minimum atomic E-state index is -0.409. The first-order valence-corrected chi connectivity index (χ1v) is 8.08. The van der Waals surface area contributed by atoms with Crippen LogP contribution >= 0.6 is 0 Å². The highest BCUT2D eigenvalue weighted by molar-refractivity contribution is 5.92. The quantitative estimate of drug-likeness (QED) is 0.700. The van der Waals surface area contributed by atoms with E-state index in [0.717, 1.165) is 0 Å². The highest BCUT2D eigenvalue weighted by Crippen LogP contribution is 2.14. The Morgan fingerprint density at radius 3 is 2.15 bits per heavy atom. The molecule has 0 saturated heterocycles. The van der Waals surface area contributed by atoms with Crippen LogP contribution in [0.4, 0.5) is 20.3 Å². The zero-order chi connectivity index (χ0) is 18.4. The van der Waals surface area contributed by atoms with Crippen molar-refractivity contribution < 1.29 is 13.6 Å². The van der Waals surface area contributed by atoms with Crippen molar-refractivity contribution in [2.24, 2.45) is 0 Å². The van der Waals surface area contributed by atoms with Gasteiger partial charge in [-0.25, -0.2) is 13.8 Å². The number of anilines is 2. The van der Waals surface area contributed by atoms with Crippen molar-refractivity contribution in [2.45, 2.75) is 13.0 Å². The summed E-state index contributed by atoms with van der Waals surface area (Å²) in [6, 6.07) is 16.0. The summed E-state index contributed by atoms with van der Waals surface area (Å²) in [5.41, 5.74) is 1.38. The van der Waals surface area contributed by atoms with Crippen molar-refractivity contribution >= 4 is 17.4 Å². The maximum absolute atomic E-state index is 13.6. The molecule has 0 spiro atoms. The lowest BCUT2D eigenvalue weighted by atomic mass is 10.1. The second-order valence-electron chi connectivity index (χ2n) is 5.69. The van der Waals surface area contributed by atoms with Gasteiger partial charge in [0.1, 0.15) is 17.5 Å². The van der Waals surface area contributed by atoms with Gasteiger partial charge in [-0.05, 0) is 29.8 Å². The summed E-state index contributed by atoms with van der Waals surface area (Å²) in [6.45, 7) is 0.304. The summed E-state index contributed by atoms with van der Waals surface area (Å²) >= 11 is 0. The van der Waals surface area contributed by atoms with Crippen LogP contribution in [0.15, 0.2) is 66.9 Å². The number of hydrogen-bond donors (Lipinski definition) is 2. The van der Waals surface area contributed by atoms with Crippen LogP contribution < -0.4 is 10.6 Å². The molecular formula is C20H17F2N3O. The second-order valence-corrected chi connectivity index (χ2v) is 5.69. The minimum absolute atomic E-state index is 0.0556. The van der Waals surface area contributed by atoms with E-state index >= 15 is 0 Å². The molecule has 0 aliphatic carbocycles. The zero-order valence-electron chi connectivity index (χ0n) is 13.9. The second kappa shape index (κ2) is 8.20. The van der Waals surface area contributed by atoms with E-state index in [-0.39, 0.29) is 18.1 Å². The normalized spacial score (nSPS) is 10.4. The summed E-state index contributed by atoms with van der Waals surface area (Å²) in [5, 5.41) is 5.69. The van der Waals surface area contributed by atoms with Crippen LogP contribution in [-0.2, 0) is 17.8 Å². The minimum Gasteiger partial charge on any atom is -0.366 e. The summed E-state index contributed by atoms with van der Waals surface area (Å²) in [7, 11) is 0. The summed E-state index contributed by atoms with van der Waals surface area (Å²) in [5.74, 6) is -0.463. The Kier molecular flexibility index (Phi) is 5.53. The molecule has 1 heterocycles. The average Bonchev–Trinajstić information content (AvgIpc) is 2.64. The number of carbonyl (C=O) groups excluding carboxylic acids is 1. The number of nitrogens with zero attached hydrogens (tertiary/aromatic N) is 1. The smallest absolute Gasteiger partial charge is 0.228 e. The van der Waals surface area contributed by atoms with E-state index in [2.05, 4.69) is 15.6 Å². The van der Waals surface area contributed by atoms with Gasteiger partial charge >= 0.3 is 0 Å². The number of halogens is 2. The van der Waals surface area contributed by atoms with Crippen LogP contribution in [-0.4, -0.2) is 10.9 Å². The van der Waals surface area contributed by atoms with E-state index in [9.17, 15) is 13.6 Å². The van der Waals surface area contributed by atoms with Crippen LogP contribution in [0, 0.1) is 11.6 Å². The average molecular weight is 353 g/mol. The highest BCUT2D eigenvalue weighted by atomic mass is 19.1. The third kappa shape index (κ3) is 4.63. The number of rotatable bonds is 6. The highest BCUT2D eigenvalue weighted by Gasteiger charge is 2.08. The molecule has 0 saturated carbocycles. The molecule has 0 unspecified atom stereocenters. The summed E-state index contributed by atoms with van der Waals surface area (Å²) in [4.78, 5) is 16.2. The summed E-state index contributed by atoms with van der Waals surface area (Å²) in [6.07, 6.45) is 1.43. The zero-order valence-corrected chi connectivity index (χ0v) is 13.9. The fourth-order valence-electron chi connectivity index (χ4n) is 2.42. The van der Waals surface area contributed by atoms with Crippen molar-refractivity contribution in [1.82, 2.24) is 4.98 Å². The van der Waals surface area contributed by atoms with E-state index in [0.29, 0.717) is 29.2 Å². The van der Waals surface area contributed by atoms with Gasteiger partial charge in [-0.2, -0.15) is 0 Å². The van der Waals surface area contributed by atoms with Gasteiger partial charge in [-0.1, -0.05) is 36.4 Å². The summed E-state index contributed by atoms with van der Waals surface area (Å²) < 4.78 is 27.1. The van der Waals surface area contributed by atoms with Crippen molar-refractivity contribution in [1.29, 1.82) is 0 Å². The molecule has 132 valence electrons. The lowest BCUT2D eigenvalue weighted by Gasteiger charge is -2.09. The van der Waals surface area contributed by atoms with Crippen LogP contribution in [0.1, 0.15) is 11.1 Å². The van der Waals surface area contributed by atoms with Gasteiger partial charge in [0, 0.05) is 12.1 Å². The van der Waals surface area contributed by atoms with E-state index in [1.165, 1.54) is 18.3 Å². The molecule has 3 aromatic rings. The van der Waals surface area contributed by atoms with Crippen LogP contribution in [0.5, 0.6) is 0 Å². The predicted octanol–water partition coefficient (Wildman–Crippen LogP) is 4.15. The molecule has 1 amide bonds. The maximum atomic E-state index is 13.6. The van der Waals surface area contributed by atoms with Gasteiger partial charge in [0.05, 0.1) is 18.3 Å². The molecule has 4 nitrogen and oxygen atoms in total. The van der Waals surface area contributed by atoms with Crippen LogP contribution in [0.3, 0.4) is 0 Å². The van der Waals surface area contributed by atoms with E-state index in [4.69, 9.17) is 0 Å². The third-order valence-electron chi connectivity index (χ3n) is 3.77. The molecule has 0 fully saturated rings. The molecule has 0 aliphatic heterocycles. The number of pyridine rings is 1. The van der Waals surface area contributed by atoms with Crippen molar-refractivity contribution in [3.8, 4) is 0 Å². The van der Waals surface area contributed by atoms with E-state index in [1.807, 2.05) is 0 Å². The number of benzene rings is 2. The fourth-order valence-corrected chi connectivity index (χ4v) is 2.42. The lowest BCUT2D eigenvalue weighted by molar-refractivity contribution is -0.115. The Labute approximate surface area is 149 Å². The predicted molar refractivity (Wildman–Crippen MR) is 96.7 cm³/mol. The van der Waals surface area contributed by atoms with Gasteiger partial charge in [0.2, 0.25) is 5.91 Å². The van der Waals surface area contributed by atoms with Crippen molar-refractivity contribution in [3.05, 3.63) is 89.6 Å². The first-order valence-electron chi connectivity index (χ1n) is 8.08. The Morgan fingerprint density at radius 1 is 0.885 bits per heavy atom. The van der Waals surface area contributed by atoms with Crippen LogP contribution in [0.2, 0.25) is 0 Å². The van der Waals surface area contributed by atoms with Crippen molar-refractivity contribution in [3.63, 3.8) is 0 Å². The molecule has 2 N–H and O–H groups in total. The number of amides is 1. The van der Waals surface area contributed by atoms with Gasteiger partial charge in [0.15, 0.2) is 0 Å². The largest absolute Gasteiger partial charge is 0.366 e. The number of aromatic nitrogens is 1. The first-order chi connectivity index (χ1) is 12.6. The standard InChI is InChI=1S/C20H17F2N3O/c21-17-7-3-1-5-14(17)11-20(26)25-16-9-10-19(24-13-16)23-12-15-6-2-4-8-18(15)22/h1-10,13H,11-12H2,(H,23,24)(H,25,26). The Morgan fingerprint density at radius 2 is 1.54 bits per heavy atom. The molecule has 2 aromatic carbocycles. The molecular weight excluding hydrogens is 336 g/mol. The Hall–Kier alpha value is -3.28. The van der Waals surface area contributed by atoms with Gasteiger partial charge < -0.3 is 10.6 Å². The van der Waals surface area contributed by atoms with Crippen LogP contribution in [0.25, 0.3) is 0 Å². The van der Waals surface area contributed by atoms with Gasteiger partial charge in [-0.15, -0.1) is 0 Å². The number of hydrogen-bond acceptors (Lipinski definition) is 3. The number of nitrogens with one attached hydrogen (secondary N) is 2. The molecule has 0 radical (unpaired) electrons. The van der Waals surface area contributed by atoms with Crippen molar-refractivity contribution in [2.75, 3.05) is 10.6 Å². The molecule has 26 heavy (non-hydrogen) atoms. The number of carbonyl (C=O) groups is 1. The third-order valence-corrected chi connectivity index (χ3v) is 3.77. The van der Waals surface area contributed by atoms with Gasteiger partial charge in [-0.3, -0.25) is 4.79 Å². The SMILES string of the molecule is O=C(Cc1ccccc1F)Nc1ccc(NCc2ccccc2F)nc1. The topological polar surface area (TPSA) is 54.0 Å². The molecule has 0 bridgehead atoms. The van der Waals surface area contributed by atoms with Gasteiger partial charge in [0.25, 0.3) is 0 Å². The first kappa shape index (κ1) is 17.5. The maximum Gasteiger partial charge on any atom is 0.228 e. The molecule has 3 rings (SSSR count). The molecule has 1 aromatic heterocycles. The molecule has 0 atom stereocenters. The fraction of sp³-hybridized carbons (Fsp3) is 0.100. The van der Waals surface area contributed by atoms with E-state index in [1.54, 1.807) is 48.5 Å². The Balaban J connectivity index is 1.55. The monoisotopic (exact) mass is 353 g/mol. The lowest BCUT2D eigenvalue weighted by Crippen LogP contribution is -2.15. The molecule has 6 heteroatoms. The van der Waals surface area contributed by atoms with E-state index < -0.39 is 5.82 Å².